The summed E-state index contributed by atoms with van der Waals surface area (Å²) < 4.78 is 59.8. The smallest absolute Gasteiger partial charge is 0.341 e. The Labute approximate surface area is 328 Å². The molecule has 17 heteroatoms. The fraction of sp³-hybridized carbons (Fsp3) is 0.125. The molecule has 3 aliphatic heterocycles. The van der Waals surface area contributed by atoms with Crippen LogP contribution < -0.4 is 48.3 Å². The molecule has 0 saturated carbocycles. The first-order valence-electron chi connectivity index (χ1n) is 17.9. The molecule has 4 aromatic carbocycles. The Morgan fingerprint density at radius 2 is 1.33 bits per heavy atom. The Balaban J connectivity index is 0.000000184. The lowest BCUT2D eigenvalue weighted by atomic mass is 9.90. The number of para-hydroxylation sites is 2. The summed E-state index contributed by atoms with van der Waals surface area (Å²) in [6, 6.07) is 29.0. The summed E-state index contributed by atoms with van der Waals surface area (Å²) in [4.78, 5) is 7.88. The van der Waals surface area contributed by atoms with Gasteiger partial charge in [-0.2, -0.15) is 4.99 Å². The van der Waals surface area contributed by atoms with E-state index in [1.54, 1.807) is 60.7 Å². The molecule has 0 saturated heterocycles. The maximum absolute atomic E-state index is 14.5. The minimum Gasteiger partial charge on any atom is -0.436 e. The van der Waals surface area contributed by atoms with Crippen molar-refractivity contribution in [2.24, 2.45) is 38.7 Å². The average molecular weight is 821 g/mol. The Kier molecular flexibility index (Phi) is 9.69. The van der Waals surface area contributed by atoms with E-state index in [1.807, 2.05) is 78.9 Å². The highest BCUT2D eigenvalue weighted by Crippen LogP contribution is 2.70. The zero-order chi connectivity index (χ0) is 40.2. The second-order valence-electron chi connectivity index (χ2n) is 13.7. The van der Waals surface area contributed by atoms with E-state index in [1.165, 1.54) is 0 Å². The number of nitrogens with one attached hydrogen (secondary N) is 1. The average Bonchev–Trinajstić information content (AvgIpc) is 3.21. The van der Waals surface area contributed by atoms with Crippen LogP contribution in [0.15, 0.2) is 155 Å². The van der Waals surface area contributed by atoms with Crippen molar-refractivity contribution in [1.82, 2.24) is 0 Å². The van der Waals surface area contributed by atoms with Crippen molar-refractivity contribution >= 4 is 49.8 Å². The summed E-state index contributed by atoms with van der Waals surface area (Å²) in [5.74, 6) is 0.0541. The molecule has 0 fully saturated rings. The van der Waals surface area contributed by atoms with E-state index in [4.69, 9.17) is 47.6 Å². The molecule has 0 amide bonds. The molecular formula is C40H39N8O6P3. The van der Waals surface area contributed by atoms with Gasteiger partial charge in [0.05, 0.1) is 11.4 Å². The Hall–Kier alpha value is -5.58. The molecule has 0 aromatic heterocycles. The summed E-state index contributed by atoms with van der Waals surface area (Å²) in [6.07, 6.45) is 13.2. The topological polar surface area (TPSA) is 258 Å². The number of aliphatic imine (C=N–C) groups is 2. The van der Waals surface area contributed by atoms with Crippen LogP contribution in [0.25, 0.3) is 11.1 Å². The van der Waals surface area contributed by atoms with Gasteiger partial charge < -0.3 is 30.8 Å². The van der Waals surface area contributed by atoms with Crippen LogP contribution in [0.5, 0.6) is 11.5 Å². The van der Waals surface area contributed by atoms with Gasteiger partial charge in [-0.15, -0.1) is 0 Å². The molecule has 6 atom stereocenters. The van der Waals surface area contributed by atoms with Crippen LogP contribution in [-0.4, -0.2) is 28.7 Å². The first-order chi connectivity index (χ1) is 27.3. The van der Waals surface area contributed by atoms with Gasteiger partial charge in [-0.05, 0) is 41.8 Å². The number of allylic oxidation sites excluding steroid dienone is 6. The number of rotatable bonds is 4. The summed E-state index contributed by atoms with van der Waals surface area (Å²) in [7, 11) is -11.5. The number of benzene rings is 4. The van der Waals surface area contributed by atoms with Crippen LogP contribution in [-0.2, 0) is 18.2 Å². The van der Waals surface area contributed by atoms with E-state index in [2.05, 4.69) is 9.98 Å². The number of hydrogen-bond donors (Lipinski definition) is 6. The lowest BCUT2D eigenvalue weighted by molar-refractivity contribution is 0.237. The third kappa shape index (κ3) is 6.45. The highest BCUT2D eigenvalue weighted by Gasteiger charge is 2.55. The second-order valence-corrected chi connectivity index (χ2v) is 20.7. The van der Waals surface area contributed by atoms with Crippen LogP contribution in [0.2, 0.25) is 0 Å². The predicted molar refractivity (Wildman–Crippen MR) is 225 cm³/mol. The summed E-state index contributed by atoms with van der Waals surface area (Å²) in [5.41, 5.74) is 30.7. The molecule has 11 N–H and O–H groups in total. The maximum Gasteiger partial charge on any atom is 0.341 e. The number of fused-ring (bicyclic) bond motifs is 9. The van der Waals surface area contributed by atoms with Gasteiger partial charge in [0.15, 0.2) is 5.58 Å². The van der Waals surface area contributed by atoms with Gasteiger partial charge in [0.1, 0.15) is 11.5 Å². The highest BCUT2D eigenvalue weighted by atomic mass is 31.2. The van der Waals surface area contributed by atoms with Crippen molar-refractivity contribution in [1.29, 1.82) is 5.41 Å². The number of amidine groups is 2. The summed E-state index contributed by atoms with van der Waals surface area (Å²) >= 11 is 0. The van der Waals surface area contributed by atoms with Crippen molar-refractivity contribution in [3.8, 4) is 22.6 Å². The summed E-state index contributed by atoms with van der Waals surface area (Å²) in [6.45, 7) is 0. The van der Waals surface area contributed by atoms with Crippen molar-refractivity contribution in [2.45, 2.75) is 29.9 Å². The van der Waals surface area contributed by atoms with Gasteiger partial charge in [0.2, 0.25) is 11.5 Å². The molecule has 57 heavy (non-hydrogen) atoms. The lowest BCUT2D eigenvalue weighted by Gasteiger charge is -2.41. The predicted octanol–water partition coefficient (Wildman–Crippen LogP) is 6.20. The molecule has 6 unspecified atom stereocenters. The highest BCUT2D eigenvalue weighted by molar-refractivity contribution is 7.84. The molecule has 5 aliphatic rings. The van der Waals surface area contributed by atoms with E-state index in [0.29, 0.717) is 33.8 Å². The van der Waals surface area contributed by atoms with Gasteiger partial charge in [-0.1, -0.05) is 115 Å². The van der Waals surface area contributed by atoms with Gasteiger partial charge in [-0.25, -0.2) is 4.99 Å². The lowest BCUT2D eigenvalue weighted by Crippen LogP contribution is -2.51. The molecule has 0 spiro atoms. The molecule has 0 bridgehead atoms. The van der Waals surface area contributed by atoms with Gasteiger partial charge in [-0.3, -0.25) is 30.6 Å². The van der Waals surface area contributed by atoms with Crippen molar-refractivity contribution < 1.29 is 27.3 Å². The Bertz CT molecular complexity index is 2670. The van der Waals surface area contributed by atoms with Crippen molar-refractivity contribution in [3.63, 3.8) is 0 Å². The van der Waals surface area contributed by atoms with Crippen LogP contribution in [0.1, 0.15) is 29.4 Å². The second kappa shape index (κ2) is 14.4. The fourth-order valence-corrected chi connectivity index (χ4v) is 14.0. The zero-order valence-corrected chi connectivity index (χ0v) is 33.0. The zero-order valence-electron chi connectivity index (χ0n) is 30.3. The molecule has 290 valence electrons. The van der Waals surface area contributed by atoms with Crippen LogP contribution in [0.4, 0.5) is 0 Å². The molecule has 3 heterocycles. The van der Waals surface area contributed by atoms with Crippen molar-refractivity contribution in [2.75, 3.05) is 0 Å². The van der Waals surface area contributed by atoms with Crippen molar-refractivity contribution in [3.05, 3.63) is 156 Å². The normalized spacial score (nSPS) is 27.9. The number of hydrogen-bond acceptors (Lipinski definition) is 10. The van der Waals surface area contributed by atoms with E-state index in [9.17, 15) is 13.7 Å². The number of nitrogens with two attached hydrogens (primary N) is 5. The molecular weight excluding hydrogens is 781 g/mol. The first kappa shape index (κ1) is 38.3. The Morgan fingerprint density at radius 3 is 2.09 bits per heavy atom. The molecule has 0 radical (unpaired) electrons. The maximum atomic E-state index is 14.5. The minimum absolute atomic E-state index is 0.113. The summed E-state index contributed by atoms with van der Waals surface area (Å²) in [5, 5.41) is 8.53. The van der Waals surface area contributed by atoms with Crippen LogP contribution in [0.3, 0.4) is 0 Å². The van der Waals surface area contributed by atoms with Crippen LogP contribution >= 0.6 is 22.1 Å². The standard InChI is InChI=1S/C26H26N4O4P2.C14H13N4O2P/c27-25(35(31)23-15-7-3-11-19(23)17-9-1-5-13-21(17)33-35)30-26(28,29)36(32)24-16-8-4-12-20(24)18-10-2-6-14-22(18)34-36;15-13(16)18-14(17)21(19)12-8-4-2-6-10(12)9-5-1-3-7-11(9)20-21/h1-11,13-17,20-21H,12,28-29H2,(H2,27,30);1-8H,(H5,15,16,17,18). The number of nitrogens with zero attached hydrogens (tertiary/aromatic N) is 2. The molecule has 4 aromatic rings. The quantitative estimate of drug-likeness (QED) is 0.0585. The first-order valence-corrected chi connectivity index (χ1v) is 22.7. The number of guanidine groups is 1. The van der Waals surface area contributed by atoms with Crippen LogP contribution in [0, 0.1) is 5.41 Å². The Morgan fingerprint density at radius 1 is 0.702 bits per heavy atom. The largest absolute Gasteiger partial charge is 0.436 e. The third-order valence-electron chi connectivity index (χ3n) is 10.2. The van der Waals surface area contributed by atoms with Gasteiger partial charge in [0, 0.05) is 33.6 Å². The van der Waals surface area contributed by atoms with Gasteiger partial charge >= 0.3 is 14.7 Å². The van der Waals surface area contributed by atoms with E-state index < -0.39 is 45.3 Å². The van der Waals surface area contributed by atoms with E-state index in [-0.39, 0.29) is 17.4 Å². The molecule has 14 nitrogen and oxygen atoms in total. The van der Waals surface area contributed by atoms with E-state index >= 15 is 0 Å². The minimum atomic E-state index is -4.03. The molecule has 9 rings (SSSR count). The third-order valence-corrected chi connectivity index (χ3v) is 17.3. The fourth-order valence-electron chi connectivity index (χ4n) is 7.53. The molecule has 2 aliphatic carbocycles. The monoisotopic (exact) mass is 820 g/mol. The van der Waals surface area contributed by atoms with E-state index in [0.717, 1.165) is 22.3 Å². The van der Waals surface area contributed by atoms with Gasteiger partial charge in [0.25, 0.3) is 12.9 Å². The SMILES string of the molecule is N=C(N)N=C(N)P1(=O)Oc2ccccc2-c2ccccc21.NC(=NC(N)(N)P1(=O)Oc2ccccc2C2CC=CC=C21)P1(=O)OC2C=CC=CC2c2ccccc21.